The predicted octanol–water partition coefficient (Wildman–Crippen LogP) is 4.11. The van der Waals surface area contributed by atoms with Gasteiger partial charge in [-0.2, -0.15) is 5.26 Å². The third-order valence-electron chi connectivity index (χ3n) is 5.32. The maximum absolute atomic E-state index is 12.5. The van der Waals surface area contributed by atoms with Crippen LogP contribution < -0.4 is 5.32 Å². The minimum Gasteiger partial charge on any atom is -0.464 e. The molecule has 3 aromatic rings. The molecule has 0 spiro atoms. The van der Waals surface area contributed by atoms with Gasteiger partial charge in [-0.25, -0.2) is 0 Å². The molecule has 1 heterocycles. The molecule has 0 fully saturated rings. The molecule has 0 unspecified atom stereocenters. The van der Waals surface area contributed by atoms with Crippen LogP contribution in [0.25, 0.3) is 21.7 Å². The number of amides is 1. The van der Waals surface area contributed by atoms with Crippen molar-refractivity contribution in [1.29, 1.82) is 5.26 Å². The fraction of sp³-hybridized carbons (Fsp3) is 0.348. The summed E-state index contributed by atoms with van der Waals surface area (Å²) in [7, 11) is 0. The predicted molar refractivity (Wildman–Crippen MR) is 110 cm³/mol. The molecule has 0 aliphatic carbocycles. The lowest BCUT2D eigenvalue weighted by atomic mass is 9.90. The normalized spacial score (nSPS) is 14.3. The number of carbonyl (C=O) groups is 2. The van der Waals surface area contributed by atoms with E-state index in [0.717, 1.165) is 16.2 Å². The third kappa shape index (κ3) is 4.09. The number of nitrogens with zero attached hydrogens (tertiary/aromatic N) is 1. The van der Waals surface area contributed by atoms with Crippen molar-refractivity contribution in [3.8, 4) is 6.07 Å². The second-order valence-corrected chi connectivity index (χ2v) is 7.69. The Kier molecular flexibility index (Phi) is 5.60. The molecule has 0 aliphatic heterocycles. The number of benzene rings is 2. The van der Waals surface area contributed by atoms with Gasteiger partial charge >= 0.3 is 5.97 Å². The van der Waals surface area contributed by atoms with Crippen molar-refractivity contribution in [2.75, 3.05) is 0 Å². The van der Waals surface area contributed by atoms with E-state index in [-0.39, 0.29) is 12.3 Å². The van der Waals surface area contributed by atoms with Crippen LogP contribution in [-0.2, 0) is 20.7 Å². The number of hydrogen-bond acceptors (Lipinski definition) is 5. The van der Waals surface area contributed by atoms with Gasteiger partial charge in [0.25, 0.3) is 5.91 Å². The molecule has 0 saturated heterocycles. The SMILES string of the molecule is CC(C)[C@](C)(C#N)NC(=O)[C@@H](C)OC(=O)Cc1coc2ccc3ccccc3c12. The van der Waals surface area contributed by atoms with E-state index in [1.807, 2.05) is 50.2 Å². The Morgan fingerprint density at radius 1 is 1.21 bits per heavy atom. The lowest BCUT2D eigenvalue weighted by molar-refractivity contribution is -0.154. The fourth-order valence-electron chi connectivity index (χ4n) is 3.11. The summed E-state index contributed by atoms with van der Waals surface area (Å²) in [6, 6.07) is 13.8. The molecule has 2 aromatic carbocycles. The summed E-state index contributed by atoms with van der Waals surface area (Å²) in [4.78, 5) is 24.9. The van der Waals surface area contributed by atoms with Gasteiger partial charge in [-0.1, -0.05) is 44.2 Å². The second-order valence-electron chi connectivity index (χ2n) is 7.69. The largest absolute Gasteiger partial charge is 0.464 e. The molecule has 29 heavy (non-hydrogen) atoms. The van der Waals surface area contributed by atoms with Crippen molar-refractivity contribution in [1.82, 2.24) is 5.32 Å². The van der Waals surface area contributed by atoms with Crippen molar-refractivity contribution in [3.05, 3.63) is 48.2 Å². The molecule has 0 saturated carbocycles. The number of rotatable bonds is 6. The van der Waals surface area contributed by atoms with Gasteiger partial charge in [-0.15, -0.1) is 0 Å². The van der Waals surface area contributed by atoms with Gasteiger partial charge in [-0.05, 0) is 36.6 Å². The first-order chi connectivity index (χ1) is 13.7. The molecule has 150 valence electrons. The summed E-state index contributed by atoms with van der Waals surface area (Å²) in [5.74, 6) is -1.13. The highest BCUT2D eigenvalue weighted by atomic mass is 16.5. The molecule has 1 amide bonds. The quantitative estimate of drug-likeness (QED) is 0.637. The maximum atomic E-state index is 12.5. The van der Waals surface area contributed by atoms with Crippen LogP contribution in [0.3, 0.4) is 0 Å². The molecule has 1 aromatic heterocycles. The van der Waals surface area contributed by atoms with Gasteiger partial charge < -0.3 is 14.5 Å². The van der Waals surface area contributed by atoms with Gasteiger partial charge in [0.1, 0.15) is 11.1 Å². The van der Waals surface area contributed by atoms with Gasteiger partial charge in [0.05, 0.1) is 18.8 Å². The Hall–Kier alpha value is -3.33. The topological polar surface area (TPSA) is 92.3 Å². The zero-order valence-electron chi connectivity index (χ0n) is 17.0. The number of nitriles is 1. The van der Waals surface area contributed by atoms with Gasteiger partial charge in [0, 0.05) is 10.9 Å². The zero-order chi connectivity index (χ0) is 21.2. The Morgan fingerprint density at radius 2 is 1.93 bits per heavy atom. The van der Waals surface area contributed by atoms with E-state index in [0.29, 0.717) is 11.1 Å². The van der Waals surface area contributed by atoms with Gasteiger partial charge in [0.15, 0.2) is 6.10 Å². The van der Waals surface area contributed by atoms with Crippen LogP contribution in [0.5, 0.6) is 0 Å². The van der Waals surface area contributed by atoms with Crippen LogP contribution >= 0.6 is 0 Å². The number of esters is 1. The molecule has 2 atom stereocenters. The van der Waals surface area contributed by atoms with Crippen molar-refractivity contribution in [2.45, 2.75) is 45.8 Å². The summed E-state index contributed by atoms with van der Waals surface area (Å²) < 4.78 is 10.9. The highest BCUT2D eigenvalue weighted by Gasteiger charge is 2.32. The molecule has 3 rings (SSSR count). The van der Waals surface area contributed by atoms with E-state index >= 15 is 0 Å². The van der Waals surface area contributed by atoms with E-state index < -0.39 is 23.5 Å². The van der Waals surface area contributed by atoms with Gasteiger partial charge in [0.2, 0.25) is 0 Å². The summed E-state index contributed by atoms with van der Waals surface area (Å²) in [6.45, 7) is 6.82. The Labute approximate surface area is 169 Å². The summed E-state index contributed by atoms with van der Waals surface area (Å²) in [6.07, 6.45) is 0.524. The van der Waals surface area contributed by atoms with Crippen molar-refractivity contribution < 1.29 is 18.7 Å². The minimum absolute atomic E-state index is 0.0155. The van der Waals surface area contributed by atoms with Crippen molar-refractivity contribution in [3.63, 3.8) is 0 Å². The maximum Gasteiger partial charge on any atom is 0.311 e. The molecule has 1 N–H and O–H groups in total. The van der Waals surface area contributed by atoms with Crippen LogP contribution in [0.1, 0.15) is 33.3 Å². The molecule has 0 bridgehead atoms. The van der Waals surface area contributed by atoms with Crippen LogP contribution in [0.15, 0.2) is 47.1 Å². The standard InChI is InChI=1S/C23H24N2O4/c1-14(2)23(4,13-24)25-22(27)15(3)29-20(26)11-17-12-28-19-10-9-16-7-5-6-8-18(16)21(17)19/h5-10,12,14-15H,11H2,1-4H3,(H,25,27)/t15-,23+/m1/s1. The molecular formula is C23H24N2O4. The smallest absolute Gasteiger partial charge is 0.311 e. The van der Waals surface area contributed by atoms with E-state index in [1.165, 1.54) is 6.92 Å². The number of ether oxygens (including phenoxy) is 1. The number of furan rings is 1. The fourth-order valence-corrected chi connectivity index (χ4v) is 3.11. The molecular weight excluding hydrogens is 368 g/mol. The second kappa shape index (κ2) is 7.96. The first-order valence-corrected chi connectivity index (χ1v) is 9.55. The first-order valence-electron chi connectivity index (χ1n) is 9.55. The van der Waals surface area contributed by atoms with Crippen LogP contribution in [0.2, 0.25) is 0 Å². The monoisotopic (exact) mass is 392 g/mol. The van der Waals surface area contributed by atoms with E-state index in [4.69, 9.17) is 9.15 Å². The Balaban J connectivity index is 1.74. The summed E-state index contributed by atoms with van der Waals surface area (Å²) in [5, 5.41) is 14.9. The minimum atomic E-state index is -1.03. The van der Waals surface area contributed by atoms with E-state index in [9.17, 15) is 14.9 Å². The summed E-state index contributed by atoms with van der Waals surface area (Å²) in [5.41, 5.74) is 0.370. The highest BCUT2D eigenvalue weighted by molar-refractivity contribution is 6.08. The molecule has 6 nitrogen and oxygen atoms in total. The molecule has 6 heteroatoms. The lowest BCUT2D eigenvalue weighted by Crippen LogP contribution is -2.52. The Morgan fingerprint density at radius 3 is 2.62 bits per heavy atom. The highest BCUT2D eigenvalue weighted by Crippen LogP contribution is 2.30. The number of fused-ring (bicyclic) bond motifs is 3. The third-order valence-corrected chi connectivity index (χ3v) is 5.32. The van der Waals surface area contributed by atoms with Crippen LogP contribution in [0.4, 0.5) is 0 Å². The number of nitrogens with one attached hydrogen (secondary N) is 1. The number of carbonyl (C=O) groups excluding carboxylic acids is 2. The Bertz CT molecular complexity index is 1110. The van der Waals surface area contributed by atoms with Crippen molar-refractivity contribution in [2.24, 2.45) is 5.92 Å². The molecule has 0 radical (unpaired) electrons. The van der Waals surface area contributed by atoms with Crippen LogP contribution in [0, 0.1) is 17.2 Å². The number of hydrogen-bond donors (Lipinski definition) is 1. The van der Waals surface area contributed by atoms with E-state index in [1.54, 1.807) is 13.2 Å². The zero-order valence-corrected chi connectivity index (χ0v) is 17.0. The lowest BCUT2D eigenvalue weighted by Gasteiger charge is -2.28. The average molecular weight is 392 g/mol. The van der Waals surface area contributed by atoms with Gasteiger partial charge in [-0.3, -0.25) is 9.59 Å². The molecule has 0 aliphatic rings. The van der Waals surface area contributed by atoms with E-state index in [2.05, 4.69) is 11.4 Å². The average Bonchev–Trinajstić information content (AvgIpc) is 3.10. The van der Waals surface area contributed by atoms with Crippen molar-refractivity contribution >= 4 is 33.6 Å². The first kappa shape index (κ1) is 20.4. The van der Waals surface area contributed by atoms with Crippen LogP contribution in [-0.4, -0.2) is 23.5 Å². The summed E-state index contributed by atoms with van der Waals surface area (Å²) >= 11 is 0.